The largest absolute Gasteiger partial charge is 0.481 e. The normalized spacial score (nSPS) is 11.9. The molecule has 0 spiro atoms. The molecule has 6 heteroatoms. The first kappa shape index (κ1) is 15.4. The number of methoxy groups -OCH3 is 1. The van der Waals surface area contributed by atoms with Crippen molar-refractivity contribution in [3.8, 4) is 5.88 Å². The highest BCUT2D eigenvalue weighted by Crippen LogP contribution is 2.18. The number of aromatic nitrogens is 1. The second-order valence-electron chi connectivity index (χ2n) is 3.94. The van der Waals surface area contributed by atoms with Gasteiger partial charge in [-0.15, -0.1) is 0 Å². The Bertz CT molecular complexity index is 381. The molecule has 0 aliphatic carbocycles. The maximum Gasteiger partial charge on any atom is 0.307 e. The summed E-state index contributed by atoms with van der Waals surface area (Å²) < 4.78 is 9.97. The predicted molar refractivity (Wildman–Crippen MR) is 71.8 cm³/mol. The van der Waals surface area contributed by atoms with Gasteiger partial charge in [-0.2, -0.15) is 0 Å². The molecular formula is C13H21N3O3. The smallest absolute Gasteiger partial charge is 0.307 e. The highest BCUT2D eigenvalue weighted by molar-refractivity contribution is 5.70. The molecule has 19 heavy (non-hydrogen) atoms. The van der Waals surface area contributed by atoms with Gasteiger partial charge in [0, 0.05) is 31.4 Å². The Hall–Kier alpha value is -1.66. The zero-order valence-electron chi connectivity index (χ0n) is 11.4. The molecule has 1 heterocycles. The average molecular weight is 267 g/mol. The van der Waals surface area contributed by atoms with E-state index in [1.54, 1.807) is 26.3 Å². The number of esters is 1. The summed E-state index contributed by atoms with van der Waals surface area (Å²) in [6.07, 6.45) is 1.94. The van der Waals surface area contributed by atoms with E-state index in [-0.39, 0.29) is 18.4 Å². The van der Waals surface area contributed by atoms with Crippen LogP contribution in [-0.4, -0.2) is 37.8 Å². The van der Waals surface area contributed by atoms with Crippen molar-refractivity contribution in [2.24, 2.45) is 5.73 Å². The standard InChI is InChI=1S/C13H21N3O3/c1-3-19-13(17)8-11(15-7-6-14)10-4-5-12(18-2)16-9-10/h4-5,9,11,15H,3,6-8,14H2,1-2H3/t11-/m0/s1. The van der Waals surface area contributed by atoms with Gasteiger partial charge in [-0.3, -0.25) is 4.79 Å². The fourth-order valence-corrected chi connectivity index (χ4v) is 1.67. The van der Waals surface area contributed by atoms with Gasteiger partial charge in [0.1, 0.15) is 0 Å². The maximum absolute atomic E-state index is 11.6. The molecule has 0 aliphatic heterocycles. The summed E-state index contributed by atoms with van der Waals surface area (Å²) in [7, 11) is 1.56. The summed E-state index contributed by atoms with van der Waals surface area (Å²) in [6.45, 7) is 3.29. The van der Waals surface area contributed by atoms with Crippen LogP contribution in [-0.2, 0) is 9.53 Å². The van der Waals surface area contributed by atoms with E-state index in [2.05, 4.69) is 10.3 Å². The van der Waals surface area contributed by atoms with E-state index in [9.17, 15) is 4.79 Å². The summed E-state index contributed by atoms with van der Waals surface area (Å²) in [5.74, 6) is 0.297. The molecule has 6 nitrogen and oxygen atoms in total. The molecule has 106 valence electrons. The average Bonchev–Trinajstić information content (AvgIpc) is 2.44. The lowest BCUT2D eigenvalue weighted by molar-refractivity contribution is -0.143. The van der Waals surface area contributed by atoms with Crippen LogP contribution in [0.15, 0.2) is 18.3 Å². The van der Waals surface area contributed by atoms with Crippen molar-refractivity contribution >= 4 is 5.97 Å². The van der Waals surface area contributed by atoms with E-state index in [0.29, 0.717) is 25.6 Å². The van der Waals surface area contributed by atoms with Crippen molar-refractivity contribution in [1.29, 1.82) is 0 Å². The number of pyridine rings is 1. The summed E-state index contributed by atoms with van der Waals surface area (Å²) in [4.78, 5) is 15.7. The summed E-state index contributed by atoms with van der Waals surface area (Å²) in [5, 5.41) is 3.21. The Kier molecular flexibility index (Phi) is 6.84. The molecule has 1 rings (SSSR count). The van der Waals surface area contributed by atoms with Crippen molar-refractivity contribution < 1.29 is 14.3 Å². The Labute approximate surface area is 113 Å². The van der Waals surface area contributed by atoms with Crippen LogP contribution in [0.25, 0.3) is 0 Å². The lowest BCUT2D eigenvalue weighted by atomic mass is 10.1. The van der Waals surface area contributed by atoms with Gasteiger partial charge in [-0.1, -0.05) is 6.07 Å². The minimum absolute atomic E-state index is 0.152. The second-order valence-corrected chi connectivity index (χ2v) is 3.94. The third kappa shape index (κ3) is 5.23. The van der Waals surface area contributed by atoms with Crippen molar-refractivity contribution in [3.05, 3.63) is 23.9 Å². The van der Waals surface area contributed by atoms with Gasteiger partial charge < -0.3 is 20.5 Å². The molecule has 0 aromatic carbocycles. The number of hydrogen-bond donors (Lipinski definition) is 2. The van der Waals surface area contributed by atoms with Crippen molar-refractivity contribution in [2.45, 2.75) is 19.4 Å². The number of carbonyl (C=O) groups excluding carboxylic acids is 1. The van der Waals surface area contributed by atoms with Crippen LogP contribution in [0.4, 0.5) is 0 Å². The zero-order valence-corrected chi connectivity index (χ0v) is 11.4. The van der Waals surface area contributed by atoms with Gasteiger partial charge in [0.2, 0.25) is 5.88 Å². The minimum atomic E-state index is -0.243. The van der Waals surface area contributed by atoms with E-state index >= 15 is 0 Å². The molecule has 0 saturated heterocycles. The van der Waals surface area contributed by atoms with Crippen molar-refractivity contribution in [2.75, 3.05) is 26.8 Å². The Balaban J connectivity index is 2.73. The monoisotopic (exact) mass is 267 g/mol. The van der Waals surface area contributed by atoms with Crippen LogP contribution >= 0.6 is 0 Å². The molecule has 0 unspecified atom stereocenters. The first-order valence-electron chi connectivity index (χ1n) is 6.30. The van der Waals surface area contributed by atoms with Crippen molar-refractivity contribution in [3.63, 3.8) is 0 Å². The van der Waals surface area contributed by atoms with Gasteiger partial charge >= 0.3 is 5.97 Å². The summed E-state index contributed by atoms with van der Waals surface area (Å²) in [6, 6.07) is 3.48. The Morgan fingerprint density at radius 3 is 2.84 bits per heavy atom. The zero-order chi connectivity index (χ0) is 14.1. The number of ether oxygens (including phenoxy) is 2. The second kappa shape index (κ2) is 8.44. The van der Waals surface area contributed by atoms with E-state index < -0.39 is 0 Å². The van der Waals surface area contributed by atoms with Gasteiger partial charge in [-0.25, -0.2) is 4.98 Å². The number of hydrogen-bond acceptors (Lipinski definition) is 6. The van der Waals surface area contributed by atoms with Crippen LogP contribution in [0.2, 0.25) is 0 Å². The molecule has 3 N–H and O–H groups in total. The molecule has 1 aromatic rings. The number of nitrogens with zero attached hydrogens (tertiary/aromatic N) is 1. The van der Waals surface area contributed by atoms with Gasteiger partial charge in [0.05, 0.1) is 20.1 Å². The maximum atomic E-state index is 11.6. The SMILES string of the molecule is CCOC(=O)C[C@H](NCCN)c1ccc(OC)nc1. The quantitative estimate of drug-likeness (QED) is 0.672. The van der Waals surface area contributed by atoms with E-state index in [1.807, 2.05) is 6.07 Å². The fourth-order valence-electron chi connectivity index (χ4n) is 1.67. The Morgan fingerprint density at radius 1 is 1.53 bits per heavy atom. The van der Waals surface area contributed by atoms with E-state index in [0.717, 1.165) is 5.56 Å². The van der Waals surface area contributed by atoms with E-state index in [4.69, 9.17) is 15.2 Å². The fraction of sp³-hybridized carbons (Fsp3) is 0.538. The van der Waals surface area contributed by atoms with Gasteiger partial charge in [0.25, 0.3) is 0 Å². The molecule has 0 bridgehead atoms. The summed E-state index contributed by atoms with van der Waals surface area (Å²) >= 11 is 0. The molecule has 0 amide bonds. The predicted octanol–water partition coefficient (Wildman–Crippen LogP) is 0.633. The molecule has 0 saturated carbocycles. The van der Waals surface area contributed by atoms with Crippen LogP contribution in [0.1, 0.15) is 24.9 Å². The van der Waals surface area contributed by atoms with Crippen LogP contribution in [0.5, 0.6) is 5.88 Å². The molecule has 1 aromatic heterocycles. The lowest BCUT2D eigenvalue weighted by Crippen LogP contribution is -2.29. The third-order valence-corrected chi connectivity index (χ3v) is 2.58. The molecule has 1 atom stereocenters. The first-order valence-corrected chi connectivity index (χ1v) is 6.30. The Morgan fingerprint density at radius 2 is 2.32 bits per heavy atom. The molecule has 0 radical (unpaired) electrons. The van der Waals surface area contributed by atoms with Crippen LogP contribution < -0.4 is 15.8 Å². The lowest BCUT2D eigenvalue weighted by Gasteiger charge is -2.17. The molecule has 0 fully saturated rings. The summed E-state index contributed by atoms with van der Waals surface area (Å²) in [5.41, 5.74) is 6.38. The van der Waals surface area contributed by atoms with Gasteiger partial charge in [0.15, 0.2) is 0 Å². The number of rotatable bonds is 8. The van der Waals surface area contributed by atoms with Gasteiger partial charge in [-0.05, 0) is 12.5 Å². The third-order valence-electron chi connectivity index (χ3n) is 2.58. The van der Waals surface area contributed by atoms with Crippen molar-refractivity contribution in [1.82, 2.24) is 10.3 Å². The highest BCUT2D eigenvalue weighted by Gasteiger charge is 2.16. The highest BCUT2D eigenvalue weighted by atomic mass is 16.5. The first-order chi connectivity index (χ1) is 9.21. The molecular weight excluding hydrogens is 246 g/mol. The minimum Gasteiger partial charge on any atom is -0.481 e. The topological polar surface area (TPSA) is 86.5 Å². The van der Waals surface area contributed by atoms with Crippen LogP contribution in [0.3, 0.4) is 0 Å². The number of nitrogens with one attached hydrogen (secondary N) is 1. The number of nitrogens with two attached hydrogens (primary N) is 1. The molecule has 0 aliphatic rings. The van der Waals surface area contributed by atoms with E-state index in [1.165, 1.54) is 0 Å². The van der Waals surface area contributed by atoms with Crippen LogP contribution in [0, 0.1) is 0 Å². The number of carbonyl (C=O) groups is 1.